The average molecular weight is 295 g/mol. The number of aryl methyl sites for hydroxylation is 2. The number of fused-ring (bicyclic) bond motifs is 3. The zero-order chi connectivity index (χ0) is 14.1. The molecule has 0 saturated carbocycles. The van der Waals surface area contributed by atoms with Gasteiger partial charge in [-0.25, -0.2) is 9.97 Å². The Bertz CT molecular complexity index is 810. The van der Waals surface area contributed by atoms with Crippen LogP contribution in [0.3, 0.4) is 0 Å². The highest BCUT2D eigenvalue weighted by Crippen LogP contribution is 2.38. The molecule has 21 heavy (non-hydrogen) atoms. The molecule has 0 bridgehead atoms. The van der Waals surface area contributed by atoms with Crippen LogP contribution in [0.1, 0.15) is 22.6 Å². The van der Waals surface area contributed by atoms with Crippen LogP contribution in [0, 0.1) is 0 Å². The number of pyridine rings is 1. The van der Waals surface area contributed by atoms with Crippen LogP contribution in [0.4, 0.5) is 5.82 Å². The van der Waals surface area contributed by atoms with E-state index in [4.69, 9.17) is 0 Å². The highest BCUT2D eigenvalue weighted by atomic mass is 32.1. The van der Waals surface area contributed by atoms with E-state index in [1.165, 1.54) is 16.9 Å². The lowest BCUT2D eigenvalue weighted by Crippen LogP contribution is -1.96. The molecule has 1 aliphatic rings. The largest absolute Gasteiger partial charge is 0.261 e. The third-order valence-electron chi connectivity index (χ3n) is 3.56. The van der Waals surface area contributed by atoms with Crippen molar-refractivity contribution in [2.45, 2.75) is 19.3 Å². The molecular formula is C15H13N5S. The van der Waals surface area contributed by atoms with Crippen LogP contribution in [-0.4, -0.2) is 21.2 Å². The van der Waals surface area contributed by atoms with Crippen LogP contribution >= 0.6 is 11.3 Å². The van der Waals surface area contributed by atoms with Crippen molar-refractivity contribution in [2.75, 3.05) is 5.43 Å². The van der Waals surface area contributed by atoms with E-state index in [1.807, 2.05) is 18.2 Å². The summed E-state index contributed by atoms with van der Waals surface area (Å²) in [6.07, 6.45) is 8.53. The molecule has 104 valence electrons. The van der Waals surface area contributed by atoms with Crippen molar-refractivity contribution in [2.24, 2.45) is 5.10 Å². The van der Waals surface area contributed by atoms with Crippen LogP contribution in [0.15, 0.2) is 35.8 Å². The van der Waals surface area contributed by atoms with Gasteiger partial charge in [0, 0.05) is 11.1 Å². The van der Waals surface area contributed by atoms with Crippen LogP contribution in [0.5, 0.6) is 0 Å². The van der Waals surface area contributed by atoms with E-state index in [0.717, 1.165) is 34.6 Å². The van der Waals surface area contributed by atoms with Gasteiger partial charge in [-0.3, -0.25) is 10.4 Å². The van der Waals surface area contributed by atoms with Gasteiger partial charge in [-0.05, 0) is 37.0 Å². The highest BCUT2D eigenvalue weighted by molar-refractivity contribution is 7.19. The lowest BCUT2D eigenvalue weighted by atomic mass is 10.2. The van der Waals surface area contributed by atoms with Gasteiger partial charge in [0.05, 0.1) is 17.3 Å². The van der Waals surface area contributed by atoms with Crippen LogP contribution in [0.2, 0.25) is 0 Å². The first-order chi connectivity index (χ1) is 10.4. The van der Waals surface area contributed by atoms with Crippen molar-refractivity contribution in [3.8, 4) is 0 Å². The second-order valence-corrected chi connectivity index (χ2v) is 5.97. The summed E-state index contributed by atoms with van der Waals surface area (Å²) in [6.45, 7) is 0. The number of thiophene rings is 1. The molecule has 1 N–H and O–H groups in total. The summed E-state index contributed by atoms with van der Waals surface area (Å²) in [5, 5.41) is 5.38. The molecule has 0 atom stereocenters. The Labute approximate surface area is 125 Å². The zero-order valence-electron chi connectivity index (χ0n) is 11.3. The van der Waals surface area contributed by atoms with Crippen molar-refractivity contribution in [3.63, 3.8) is 0 Å². The van der Waals surface area contributed by atoms with Gasteiger partial charge in [0.25, 0.3) is 0 Å². The van der Waals surface area contributed by atoms with Crippen LogP contribution < -0.4 is 5.43 Å². The summed E-state index contributed by atoms with van der Waals surface area (Å²) >= 11 is 1.78. The lowest BCUT2D eigenvalue weighted by Gasteiger charge is -2.02. The molecule has 0 aromatic carbocycles. The minimum Gasteiger partial charge on any atom is -0.261 e. The Balaban J connectivity index is 1.66. The molecule has 0 fully saturated rings. The number of rotatable bonds is 3. The number of hydrogen-bond donors (Lipinski definition) is 1. The molecule has 3 heterocycles. The molecular weight excluding hydrogens is 282 g/mol. The number of aromatic nitrogens is 3. The molecule has 1 aliphatic carbocycles. The summed E-state index contributed by atoms with van der Waals surface area (Å²) in [5.74, 6) is 0.784. The predicted octanol–water partition coefficient (Wildman–Crippen LogP) is 3.02. The van der Waals surface area contributed by atoms with Gasteiger partial charge < -0.3 is 0 Å². The fourth-order valence-electron chi connectivity index (χ4n) is 2.63. The Hall–Kier alpha value is -2.34. The van der Waals surface area contributed by atoms with Gasteiger partial charge in [0.1, 0.15) is 11.2 Å². The Morgan fingerprint density at radius 3 is 3.10 bits per heavy atom. The van der Waals surface area contributed by atoms with E-state index in [9.17, 15) is 0 Å². The summed E-state index contributed by atoms with van der Waals surface area (Å²) in [5.41, 5.74) is 5.24. The van der Waals surface area contributed by atoms with Gasteiger partial charge in [0.2, 0.25) is 0 Å². The maximum absolute atomic E-state index is 4.37. The van der Waals surface area contributed by atoms with Crippen molar-refractivity contribution in [3.05, 3.63) is 46.9 Å². The third kappa shape index (κ3) is 2.27. The smallest absolute Gasteiger partial charge is 0.158 e. The molecule has 0 amide bonds. The van der Waals surface area contributed by atoms with Gasteiger partial charge in [0.15, 0.2) is 5.82 Å². The summed E-state index contributed by atoms with van der Waals surface area (Å²) < 4.78 is 0. The van der Waals surface area contributed by atoms with Crippen molar-refractivity contribution < 1.29 is 0 Å². The maximum Gasteiger partial charge on any atom is 0.158 e. The second-order valence-electron chi connectivity index (χ2n) is 4.88. The fraction of sp³-hybridized carbons (Fsp3) is 0.200. The predicted molar refractivity (Wildman–Crippen MR) is 84.9 cm³/mol. The summed E-state index contributed by atoms with van der Waals surface area (Å²) in [7, 11) is 0. The van der Waals surface area contributed by atoms with Gasteiger partial charge in [-0.15, -0.1) is 11.3 Å². The molecule has 0 radical (unpaired) electrons. The minimum atomic E-state index is 0.784. The number of anilines is 1. The summed E-state index contributed by atoms with van der Waals surface area (Å²) in [6, 6.07) is 5.72. The fourth-order valence-corrected chi connectivity index (χ4v) is 3.85. The van der Waals surface area contributed by atoms with Gasteiger partial charge >= 0.3 is 0 Å². The van der Waals surface area contributed by atoms with Crippen LogP contribution in [0.25, 0.3) is 10.2 Å². The third-order valence-corrected chi connectivity index (χ3v) is 4.76. The van der Waals surface area contributed by atoms with E-state index < -0.39 is 0 Å². The van der Waals surface area contributed by atoms with Gasteiger partial charge in [-0.1, -0.05) is 6.07 Å². The molecule has 0 aliphatic heterocycles. The molecule has 0 spiro atoms. The Kier molecular flexibility index (Phi) is 3.08. The van der Waals surface area contributed by atoms with E-state index in [2.05, 4.69) is 25.5 Å². The number of hydrazone groups is 1. The topological polar surface area (TPSA) is 63.1 Å². The molecule has 4 rings (SSSR count). The van der Waals surface area contributed by atoms with Gasteiger partial charge in [-0.2, -0.15) is 5.10 Å². The first kappa shape index (κ1) is 12.4. The van der Waals surface area contributed by atoms with E-state index in [0.29, 0.717) is 0 Å². The van der Waals surface area contributed by atoms with Crippen LogP contribution in [-0.2, 0) is 12.8 Å². The maximum atomic E-state index is 4.37. The number of nitrogens with one attached hydrogen (secondary N) is 1. The molecule has 6 heteroatoms. The SMILES string of the molecule is C(=NNc1ncnc2sc3c(c12)CCC3)c1ccccn1. The van der Waals surface area contributed by atoms with E-state index in [-0.39, 0.29) is 0 Å². The number of hydrogen-bond acceptors (Lipinski definition) is 6. The molecule has 3 aromatic rings. The second kappa shape index (κ2) is 5.21. The Morgan fingerprint density at radius 1 is 1.19 bits per heavy atom. The minimum absolute atomic E-state index is 0.784. The zero-order valence-corrected chi connectivity index (χ0v) is 12.1. The van der Waals surface area contributed by atoms with Crippen molar-refractivity contribution in [1.29, 1.82) is 0 Å². The quantitative estimate of drug-likeness (QED) is 0.596. The van der Waals surface area contributed by atoms with E-state index >= 15 is 0 Å². The molecule has 0 unspecified atom stereocenters. The molecule has 3 aromatic heterocycles. The lowest BCUT2D eigenvalue weighted by molar-refractivity contribution is 0.917. The first-order valence-corrected chi connectivity index (χ1v) is 7.69. The average Bonchev–Trinajstić information content (AvgIpc) is 3.09. The molecule has 5 nitrogen and oxygen atoms in total. The molecule has 0 saturated heterocycles. The first-order valence-electron chi connectivity index (χ1n) is 6.87. The monoisotopic (exact) mass is 295 g/mol. The van der Waals surface area contributed by atoms with E-state index in [1.54, 1.807) is 30.1 Å². The standard InChI is InChI=1S/C15H13N5S/c1-2-7-16-10(4-1)8-19-20-14-13-11-5-3-6-12(11)21-15(13)18-9-17-14/h1-2,4,7-9H,3,5-6H2,(H,17,18,20). The highest BCUT2D eigenvalue weighted by Gasteiger charge is 2.20. The number of nitrogens with zero attached hydrogens (tertiary/aromatic N) is 4. The normalized spacial score (nSPS) is 13.9. The van der Waals surface area contributed by atoms with Crippen molar-refractivity contribution >= 4 is 33.6 Å². The Morgan fingerprint density at radius 2 is 2.19 bits per heavy atom. The summed E-state index contributed by atoms with van der Waals surface area (Å²) in [4.78, 5) is 15.4. The van der Waals surface area contributed by atoms with Crippen molar-refractivity contribution in [1.82, 2.24) is 15.0 Å².